The highest BCUT2D eigenvalue weighted by molar-refractivity contribution is 5.83. The molecule has 0 unspecified atom stereocenters. The lowest BCUT2D eigenvalue weighted by molar-refractivity contribution is 0.0205. The van der Waals surface area contributed by atoms with Crippen molar-refractivity contribution in [3.63, 3.8) is 0 Å². The van der Waals surface area contributed by atoms with Gasteiger partial charge >= 0.3 is 6.09 Å². The number of aromatic nitrogens is 1. The van der Waals surface area contributed by atoms with E-state index in [1.165, 1.54) is 5.56 Å². The minimum Gasteiger partial charge on any atom is -0.481 e. The molecule has 1 aromatic heterocycles. The Morgan fingerprint density at radius 3 is 2.52 bits per heavy atom. The quantitative estimate of drug-likeness (QED) is 0.814. The summed E-state index contributed by atoms with van der Waals surface area (Å²) < 4.78 is 10.8. The van der Waals surface area contributed by atoms with Crippen LogP contribution < -0.4 is 4.74 Å². The van der Waals surface area contributed by atoms with E-state index in [1.54, 1.807) is 12.0 Å². The summed E-state index contributed by atoms with van der Waals surface area (Å²) in [6.07, 6.45) is 1.61. The van der Waals surface area contributed by atoms with E-state index in [4.69, 9.17) is 9.47 Å². The van der Waals surface area contributed by atoms with E-state index in [0.717, 1.165) is 23.7 Å². The molecule has 5 nitrogen and oxygen atoms in total. The topological polar surface area (TPSA) is 51.7 Å². The van der Waals surface area contributed by atoms with E-state index in [2.05, 4.69) is 23.2 Å². The van der Waals surface area contributed by atoms with Crippen molar-refractivity contribution in [2.75, 3.05) is 20.2 Å². The van der Waals surface area contributed by atoms with Crippen molar-refractivity contribution in [2.24, 2.45) is 0 Å². The van der Waals surface area contributed by atoms with Gasteiger partial charge in [0.05, 0.1) is 12.6 Å². The molecule has 0 radical (unpaired) electrons. The molecule has 1 amide bonds. The van der Waals surface area contributed by atoms with Crippen molar-refractivity contribution in [1.29, 1.82) is 0 Å². The van der Waals surface area contributed by atoms with Crippen LogP contribution in [0.1, 0.15) is 45.1 Å². The molecule has 0 spiro atoms. The highest BCUT2D eigenvalue weighted by Crippen LogP contribution is 2.33. The summed E-state index contributed by atoms with van der Waals surface area (Å²) in [5.41, 5.74) is 1.78. The van der Waals surface area contributed by atoms with Crippen LogP contribution in [0.5, 0.6) is 5.88 Å². The summed E-state index contributed by atoms with van der Waals surface area (Å²) in [5, 5.41) is 1.12. The summed E-state index contributed by atoms with van der Waals surface area (Å²) in [6.45, 7) is 7.10. The van der Waals surface area contributed by atoms with Gasteiger partial charge in [-0.2, -0.15) is 0 Å². The van der Waals surface area contributed by atoms with Crippen molar-refractivity contribution in [1.82, 2.24) is 9.88 Å². The number of hydrogen-bond acceptors (Lipinski definition) is 4. The van der Waals surface area contributed by atoms with Crippen molar-refractivity contribution in [3.05, 3.63) is 35.9 Å². The standard InChI is InChI=1S/C20H26N2O3/c1-20(2,3)25-19(23)22-12-10-14(11-13-22)16-7-5-6-15-8-9-17(24-4)21-18(15)16/h5-9,14H,10-13H2,1-4H3. The third kappa shape index (κ3) is 4.03. The number of para-hydroxylation sites is 1. The predicted molar refractivity (Wildman–Crippen MR) is 98.1 cm³/mol. The Kier molecular flexibility index (Phi) is 4.84. The van der Waals surface area contributed by atoms with Gasteiger partial charge < -0.3 is 14.4 Å². The Balaban J connectivity index is 1.75. The van der Waals surface area contributed by atoms with Crippen LogP contribution in [0.15, 0.2) is 30.3 Å². The van der Waals surface area contributed by atoms with Crippen LogP contribution in [0, 0.1) is 0 Å². The molecular formula is C20H26N2O3. The molecule has 0 bridgehead atoms. The van der Waals surface area contributed by atoms with Crippen LogP contribution in [0.3, 0.4) is 0 Å². The van der Waals surface area contributed by atoms with Crippen LogP contribution >= 0.6 is 0 Å². The number of carbonyl (C=O) groups excluding carboxylic acids is 1. The molecule has 134 valence electrons. The van der Waals surface area contributed by atoms with E-state index >= 15 is 0 Å². The van der Waals surface area contributed by atoms with Gasteiger partial charge in [-0.05, 0) is 51.2 Å². The number of methoxy groups -OCH3 is 1. The zero-order chi connectivity index (χ0) is 18.0. The number of nitrogens with zero attached hydrogens (tertiary/aromatic N) is 2. The maximum atomic E-state index is 12.2. The van der Waals surface area contributed by atoms with Gasteiger partial charge in [-0.15, -0.1) is 0 Å². The van der Waals surface area contributed by atoms with Gasteiger partial charge in [-0.1, -0.05) is 18.2 Å². The van der Waals surface area contributed by atoms with Gasteiger partial charge in [0, 0.05) is 24.5 Å². The second kappa shape index (κ2) is 6.90. The molecule has 0 N–H and O–H groups in total. The number of piperidine rings is 1. The van der Waals surface area contributed by atoms with Crippen LogP contribution in [0.25, 0.3) is 10.9 Å². The highest BCUT2D eigenvalue weighted by atomic mass is 16.6. The first-order chi connectivity index (χ1) is 11.9. The molecule has 25 heavy (non-hydrogen) atoms. The molecular weight excluding hydrogens is 316 g/mol. The average Bonchev–Trinajstić information content (AvgIpc) is 2.59. The molecule has 5 heteroatoms. The predicted octanol–water partition coefficient (Wildman–Crippen LogP) is 4.36. The van der Waals surface area contributed by atoms with Gasteiger partial charge in [0.15, 0.2) is 0 Å². The number of amides is 1. The minimum absolute atomic E-state index is 0.219. The number of fused-ring (bicyclic) bond motifs is 1. The average molecular weight is 342 g/mol. The molecule has 1 aliphatic rings. The fraction of sp³-hybridized carbons (Fsp3) is 0.500. The Bertz CT molecular complexity index is 759. The first-order valence-corrected chi connectivity index (χ1v) is 8.79. The fourth-order valence-electron chi connectivity index (χ4n) is 3.29. The molecule has 2 aromatic rings. The monoisotopic (exact) mass is 342 g/mol. The van der Waals surface area contributed by atoms with Gasteiger partial charge in [-0.3, -0.25) is 0 Å². The molecule has 1 saturated heterocycles. The Hall–Kier alpha value is -2.30. The van der Waals surface area contributed by atoms with E-state index in [1.807, 2.05) is 32.9 Å². The summed E-state index contributed by atoms with van der Waals surface area (Å²) in [6, 6.07) is 10.2. The molecule has 0 aliphatic carbocycles. The van der Waals surface area contributed by atoms with Crippen molar-refractivity contribution < 1.29 is 14.3 Å². The van der Waals surface area contributed by atoms with Crippen molar-refractivity contribution >= 4 is 17.0 Å². The number of hydrogen-bond donors (Lipinski definition) is 0. The van der Waals surface area contributed by atoms with Crippen molar-refractivity contribution in [3.8, 4) is 5.88 Å². The summed E-state index contributed by atoms with van der Waals surface area (Å²) in [4.78, 5) is 18.7. The first kappa shape index (κ1) is 17.5. The van der Waals surface area contributed by atoms with E-state index < -0.39 is 5.60 Å². The summed E-state index contributed by atoms with van der Waals surface area (Å²) in [7, 11) is 1.64. The Morgan fingerprint density at radius 2 is 1.88 bits per heavy atom. The maximum absolute atomic E-state index is 12.2. The van der Waals surface area contributed by atoms with Gasteiger partial charge in [-0.25, -0.2) is 9.78 Å². The molecule has 2 heterocycles. The van der Waals surface area contributed by atoms with Crippen LogP contribution in [-0.4, -0.2) is 41.8 Å². The Labute approximate surface area is 148 Å². The largest absolute Gasteiger partial charge is 0.481 e. The molecule has 0 atom stereocenters. The third-order valence-corrected chi connectivity index (χ3v) is 4.52. The Morgan fingerprint density at radius 1 is 1.16 bits per heavy atom. The lowest BCUT2D eigenvalue weighted by Crippen LogP contribution is -2.41. The van der Waals surface area contributed by atoms with E-state index in [9.17, 15) is 4.79 Å². The van der Waals surface area contributed by atoms with Gasteiger partial charge in [0.25, 0.3) is 0 Å². The summed E-state index contributed by atoms with van der Waals surface area (Å²) in [5.74, 6) is 1.02. The maximum Gasteiger partial charge on any atom is 0.410 e. The number of ether oxygens (including phenoxy) is 2. The lowest BCUT2D eigenvalue weighted by Gasteiger charge is -2.33. The lowest BCUT2D eigenvalue weighted by atomic mass is 9.88. The molecule has 3 rings (SSSR count). The van der Waals surface area contributed by atoms with Crippen molar-refractivity contribution in [2.45, 2.75) is 45.1 Å². The third-order valence-electron chi connectivity index (χ3n) is 4.52. The molecule has 1 fully saturated rings. The van der Waals surface area contributed by atoms with E-state index in [0.29, 0.717) is 24.9 Å². The minimum atomic E-state index is -0.454. The van der Waals surface area contributed by atoms with Crippen LogP contribution in [0.2, 0.25) is 0 Å². The number of likely N-dealkylation sites (tertiary alicyclic amines) is 1. The molecule has 1 aromatic carbocycles. The van der Waals surface area contributed by atoms with Crippen LogP contribution in [0.4, 0.5) is 4.79 Å². The second-order valence-electron chi connectivity index (χ2n) is 7.51. The number of carbonyl (C=O) groups is 1. The molecule has 1 aliphatic heterocycles. The fourth-order valence-corrected chi connectivity index (χ4v) is 3.29. The SMILES string of the molecule is COc1ccc2cccc(C3CCN(C(=O)OC(C)(C)C)CC3)c2n1. The second-order valence-corrected chi connectivity index (χ2v) is 7.51. The summed E-state index contributed by atoms with van der Waals surface area (Å²) >= 11 is 0. The van der Waals surface area contributed by atoms with Crippen LogP contribution in [-0.2, 0) is 4.74 Å². The van der Waals surface area contributed by atoms with E-state index in [-0.39, 0.29) is 6.09 Å². The van der Waals surface area contributed by atoms with Gasteiger partial charge in [0.2, 0.25) is 5.88 Å². The normalized spacial score (nSPS) is 16.1. The zero-order valence-corrected chi connectivity index (χ0v) is 15.4. The highest BCUT2D eigenvalue weighted by Gasteiger charge is 2.28. The molecule has 0 saturated carbocycles. The smallest absolute Gasteiger partial charge is 0.410 e. The number of benzene rings is 1. The first-order valence-electron chi connectivity index (χ1n) is 8.79. The zero-order valence-electron chi connectivity index (χ0n) is 15.4. The van der Waals surface area contributed by atoms with Gasteiger partial charge in [0.1, 0.15) is 5.60 Å². The number of pyridine rings is 1. The number of rotatable bonds is 2.